The second-order valence-corrected chi connectivity index (χ2v) is 10.6. The first-order chi connectivity index (χ1) is 14.7. The van der Waals surface area contributed by atoms with Gasteiger partial charge in [-0.15, -0.1) is 11.3 Å². The summed E-state index contributed by atoms with van der Waals surface area (Å²) in [4.78, 5) is 28.4. The molecule has 2 aliphatic heterocycles. The zero-order valence-corrected chi connectivity index (χ0v) is 19.6. The molecule has 4 rings (SSSR count). The number of carbonyl (C=O) groups is 1. The van der Waals surface area contributed by atoms with E-state index in [9.17, 15) is 9.90 Å². The van der Waals surface area contributed by atoms with Crippen LogP contribution in [0.15, 0.2) is 29.8 Å². The third-order valence-electron chi connectivity index (χ3n) is 6.25. The first kappa shape index (κ1) is 22.2. The van der Waals surface area contributed by atoms with Crippen LogP contribution >= 0.6 is 11.3 Å². The van der Waals surface area contributed by atoms with Crippen LogP contribution in [0.5, 0.6) is 0 Å². The molecular formula is C23H33N5O2S. The highest BCUT2D eigenvalue weighted by atomic mass is 32.1. The molecule has 2 saturated heterocycles. The Morgan fingerprint density at radius 1 is 1.13 bits per heavy atom. The topological polar surface area (TPSA) is 72.8 Å². The number of rotatable bonds is 4. The lowest BCUT2D eigenvalue weighted by molar-refractivity contribution is -0.144. The number of anilines is 1. The molecule has 1 N–H and O–H groups in total. The fourth-order valence-corrected chi connectivity index (χ4v) is 5.20. The van der Waals surface area contributed by atoms with Crippen LogP contribution < -0.4 is 4.90 Å². The number of carbonyl (C=O) groups excluding carboxylic acids is 1. The van der Waals surface area contributed by atoms with Crippen LogP contribution in [-0.4, -0.2) is 70.1 Å². The summed E-state index contributed by atoms with van der Waals surface area (Å²) in [6.07, 6.45) is 2.93. The van der Waals surface area contributed by atoms with Crippen molar-refractivity contribution in [3.05, 3.63) is 40.5 Å². The number of amides is 1. The van der Waals surface area contributed by atoms with Crippen LogP contribution in [0, 0.1) is 5.41 Å². The first-order valence-corrected chi connectivity index (χ1v) is 12.0. The molecule has 7 nitrogen and oxygen atoms in total. The van der Waals surface area contributed by atoms with Crippen LogP contribution in [0.2, 0.25) is 0 Å². The van der Waals surface area contributed by atoms with Gasteiger partial charge in [0.1, 0.15) is 16.4 Å². The Morgan fingerprint density at radius 2 is 1.84 bits per heavy atom. The van der Waals surface area contributed by atoms with Crippen molar-refractivity contribution < 1.29 is 9.90 Å². The average molecular weight is 444 g/mol. The summed E-state index contributed by atoms with van der Waals surface area (Å²) in [6, 6.07) is 6.03. The van der Waals surface area contributed by atoms with E-state index in [4.69, 9.17) is 4.98 Å². The standard InChI is InChI=1S/C23H33N5O2S/c1-22(2,3)21(29)28-10-7-23(30,8-11-28)18-17-31-20(25-18)16-26-12-14-27(15-13-26)19-6-4-5-9-24-19/h4-6,9,17,30H,7-8,10-16H2,1-3H3. The number of hydrogen-bond donors (Lipinski definition) is 1. The molecule has 0 atom stereocenters. The van der Waals surface area contributed by atoms with E-state index in [1.165, 1.54) is 0 Å². The molecule has 0 aliphatic carbocycles. The summed E-state index contributed by atoms with van der Waals surface area (Å²) in [5.74, 6) is 1.19. The number of likely N-dealkylation sites (tertiary alicyclic amines) is 1. The molecule has 0 radical (unpaired) electrons. The van der Waals surface area contributed by atoms with Crippen LogP contribution in [0.25, 0.3) is 0 Å². The zero-order valence-electron chi connectivity index (χ0n) is 18.8. The summed E-state index contributed by atoms with van der Waals surface area (Å²) in [5, 5.41) is 14.2. The number of pyridine rings is 1. The van der Waals surface area contributed by atoms with Gasteiger partial charge >= 0.3 is 0 Å². The SMILES string of the molecule is CC(C)(C)C(=O)N1CCC(O)(c2csc(CN3CCN(c4ccccn4)CC3)n2)CC1. The predicted molar refractivity (Wildman–Crippen MR) is 123 cm³/mol. The number of piperazine rings is 1. The molecule has 0 spiro atoms. The van der Waals surface area contributed by atoms with E-state index in [2.05, 4.69) is 20.9 Å². The van der Waals surface area contributed by atoms with Crippen molar-refractivity contribution in [2.24, 2.45) is 5.41 Å². The number of hydrogen-bond acceptors (Lipinski definition) is 7. The van der Waals surface area contributed by atoms with E-state index in [1.807, 2.05) is 49.4 Å². The highest BCUT2D eigenvalue weighted by Gasteiger charge is 2.39. The minimum atomic E-state index is -0.929. The zero-order chi connectivity index (χ0) is 22.1. The second kappa shape index (κ2) is 8.84. The predicted octanol–water partition coefficient (Wildman–Crippen LogP) is 2.72. The summed E-state index contributed by atoms with van der Waals surface area (Å²) in [6.45, 7) is 11.7. The van der Waals surface area contributed by atoms with Crippen molar-refractivity contribution >= 4 is 23.1 Å². The van der Waals surface area contributed by atoms with Crippen molar-refractivity contribution in [2.75, 3.05) is 44.2 Å². The van der Waals surface area contributed by atoms with Gasteiger partial charge in [0, 0.05) is 56.3 Å². The van der Waals surface area contributed by atoms with Gasteiger partial charge in [-0.2, -0.15) is 0 Å². The largest absolute Gasteiger partial charge is 0.383 e. The van der Waals surface area contributed by atoms with E-state index in [0.717, 1.165) is 49.2 Å². The molecule has 2 aromatic rings. The van der Waals surface area contributed by atoms with E-state index in [0.29, 0.717) is 25.9 Å². The number of aromatic nitrogens is 2. The lowest BCUT2D eigenvalue weighted by atomic mass is 9.86. The molecule has 8 heteroatoms. The lowest BCUT2D eigenvalue weighted by Crippen LogP contribution is -2.48. The van der Waals surface area contributed by atoms with Crippen molar-refractivity contribution in [1.82, 2.24) is 19.8 Å². The van der Waals surface area contributed by atoms with Gasteiger partial charge in [-0.25, -0.2) is 9.97 Å². The number of piperidine rings is 1. The highest BCUT2D eigenvalue weighted by molar-refractivity contribution is 7.09. The molecule has 0 unspecified atom stereocenters. The van der Waals surface area contributed by atoms with Crippen molar-refractivity contribution in [3.8, 4) is 0 Å². The maximum absolute atomic E-state index is 12.5. The van der Waals surface area contributed by atoms with Gasteiger partial charge in [0.25, 0.3) is 0 Å². The van der Waals surface area contributed by atoms with E-state index >= 15 is 0 Å². The Bertz CT molecular complexity index is 879. The number of thiazole rings is 1. The Kier molecular flexibility index (Phi) is 6.32. The molecule has 31 heavy (non-hydrogen) atoms. The van der Waals surface area contributed by atoms with Gasteiger partial charge in [-0.1, -0.05) is 26.8 Å². The van der Waals surface area contributed by atoms with Gasteiger partial charge in [0.05, 0.1) is 12.2 Å². The average Bonchev–Trinajstić information content (AvgIpc) is 3.24. The normalized spacial score (nSPS) is 20.1. The van der Waals surface area contributed by atoms with Gasteiger partial charge in [0.2, 0.25) is 5.91 Å². The molecule has 2 fully saturated rings. The van der Waals surface area contributed by atoms with Crippen LogP contribution in [-0.2, 0) is 16.9 Å². The maximum Gasteiger partial charge on any atom is 0.227 e. The third-order valence-corrected chi connectivity index (χ3v) is 7.09. The van der Waals surface area contributed by atoms with Crippen molar-refractivity contribution in [3.63, 3.8) is 0 Å². The van der Waals surface area contributed by atoms with Crippen LogP contribution in [0.3, 0.4) is 0 Å². The summed E-state index contributed by atoms with van der Waals surface area (Å²) >= 11 is 1.62. The quantitative estimate of drug-likeness (QED) is 0.783. The number of nitrogens with zero attached hydrogens (tertiary/aromatic N) is 5. The molecule has 0 aromatic carbocycles. The molecule has 2 aromatic heterocycles. The van der Waals surface area contributed by atoms with E-state index in [1.54, 1.807) is 11.3 Å². The molecule has 4 heterocycles. The molecule has 0 saturated carbocycles. The molecule has 2 aliphatic rings. The van der Waals surface area contributed by atoms with E-state index < -0.39 is 5.60 Å². The van der Waals surface area contributed by atoms with Crippen molar-refractivity contribution in [1.29, 1.82) is 0 Å². The summed E-state index contributed by atoms with van der Waals surface area (Å²) in [7, 11) is 0. The first-order valence-electron chi connectivity index (χ1n) is 11.1. The van der Waals surface area contributed by atoms with Gasteiger partial charge in [-0.3, -0.25) is 9.69 Å². The van der Waals surface area contributed by atoms with Gasteiger partial charge < -0.3 is 14.9 Å². The minimum Gasteiger partial charge on any atom is -0.383 e. The Balaban J connectivity index is 1.30. The molecule has 168 valence electrons. The second-order valence-electron chi connectivity index (χ2n) is 9.65. The minimum absolute atomic E-state index is 0.151. The maximum atomic E-state index is 12.5. The summed E-state index contributed by atoms with van der Waals surface area (Å²) < 4.78 is 0. The Morgan fingerprint density at radius 3 is 2.45 bits per heavy atom. The van der Waals surface area contributed by atoms with Crippen LogP contribution in [0.1, 0.15) is 44.3 Å². The van der Waals surface area contributed by atoms with E-state index in [-0.39, 0.29) is 11.3 Å². The summed E-state index contributed by atoms with van der Waals surface area (Å²) in [5.41, 5.74) is -0.548. The Labute approximate surface area is 188 Å². The highest BCUT2D eigenvalue weighted by Crippen LogP contribution is 2.35. The van der Waals surface area contributed by atoms with Crippen LogP contribution in [0.4, 0.5) is 5.82 Å². The van der Waals surface area contributed by atoms with Gasteiger partial charge in [-0.05, 0) is 25.0 Å². The molecule has 0 bridgehead atoms. The fraction of sp³-hybridized carbons (Fsp3) is 0.609. The molecule has 1 amide bonds. The third kappa shape index (κ3) is 5.07. The van der Waals surface area contributed by atoms with Crippen molar-refractivity contribution in [2.45, 2.75) is 45.8 Å². The fourth-order valence-electron chi connectivity index (χ4n) is 4.27. The number of aliphatic hydroxyl groups is 1. The molecular weight excluding hydrogens is 410 g/mol. The van der Waals surface area contributed by atoms with Gasteiger partial charge in [0.15, 0.2) is 0 Å². The lowest BCUT2D eigenvalue weighted by Gasteiger charge is -2.39. The smallest absolute Gasteiger partial charge is 0.227 e. The monoisotopic (exact) mass is 443 g/mol. The Hall–Kier alpha value is -2.03.